The second-order valence-electron chi connectivity index (χ2n) is 8.15. The molecule has 2 aromatic rings. The third-order valence-corrected chi connectivity index (χ3v) is 7.28. The molecule has 1 heterocycles. The van der Waals surface area contributed by atoms with Crippen LogP contribution in [0.5, 0.6) is 5.75 Å². The second-order valence-corrected chi connectivity index (χ2v) is 10.1. The number of piperidine rings is 1. The summed E-state index contributed by atoms with van der Waals surface area (Å²) in [6.07, 6.45) is 0.985. The van der Waals surface area contributed by atoms with Crippen LogP contribution in [-0.4, -0.2) is 51.9 Å². The van der Waals surface area contributed by atoms with Crippen LogP contribution < -0.4 is 10.1 Å². The SMILES string of the molecule is COC(=O)c1cc(OC)ccc1NC(=O)c1cccc(S(=O)(=O)N2CC(C)CC(C)C2)c1. The van der Waals surface area contributed by atoms with Gasteiger partial charge in [0, 0.05) is 18.7 Å². The monoisotopic (exact) mass is 460 g/mol. The summed E-state index contributed by atoms with van der Waals surface area (Å²) in [5.41, 5.74) is 0.519. The van der Waals surface area contributed by atoms with Crippen molar-refractivity contribution in [3.8, 4) is 5.75 Å². The number of ether oxygens (including phenoxy) is 2. The molecule has 2 atom stereocenters. The number of carbonyl (C=O) groups is 2. The Hall–Kier alpha value is -2.91. The Morgan fingerprint density at radius 2 is 1.72 bits per heavy atom. The van der Waals surface area contributed by atoms with Crippen molar-refractivity contribution in [2.75, 3.05) is 32.6 Å². The lowest BCUT2D eigenvalue weighted by atomic mass is 9.94. The summed E-state index contributed by atoms with van der Waals surface area (Å²) in [6.45, 7) is 4.99. The van der Waals surface area contributed by atoms with E-state index in [-0.39, 0.29) is 33.5 Å². The van der Waals surface area contributed by atoms with Crippen molar-refractivity contribution in [2.24, 2.45) is 11.8 Å². The van der Waals surface area contributed by atoms with Gasteiger partial charge in [0.2, 0.25) is 10.0 Å². The summed E-state index contributed by atoms with van der Waals surface area (Å²) in [5.74, 6) is -0.207. The molecule has 2 unspecified atom stereocenters. The molecule has 2 aromatic carbocycles. The summed E-state index contributed by atoms with van der Waals surface area (Å²) in [7, 11) is -1.03. The van der Waals surface area contributed by atoms with E-state index >= 15 is 0 Å². The molecular weight excluding hydrogens is 432 g/mol. The zero-order valence-corrected chi connectivity index (χ0v) is 19.4. The number of carbonyl (C=O) groups excluding carboxylic acids is 2. The number of rotatable bonds is 6. The van der Waals surface area contributed by atoms with Gasteiger partial charge in [-0.15, -0.1) is 0 Å². The van der Waals surface area contributed by atoms with Gasteiger partial charge >= 0.3 is 5.97 Å². The smallest absolute Gasteiger partial charge is 0.340 e. The van der Waals surface area contributed by atoms with Crippen molar-refractivity contribution < 1.29 is 27.5 Å². The van der Waals surface area contributed by atoms with Gasteiger partial charge in [0.15, 0.2) is 0 Å². The first-order valence-electron chi connectivity index (χ1n) is 10.3. The molecule has 1 amide bonds. The number of hydrogen-bond acceptors (Lipinski definition) is 6. The van der Waals surface area contributed by atoms with Crippen LogP contribution in [0.15, 0.2) is 47.4 Å². The first-order valence-corrected chi connectivity index (χ1v) is 11.8. The van der Waals surface area contributed by atoms with Gasteiger partial charge in [-0.25, -0.2) is 13.2 Å². The number of methoxy groups -OCH3 is 2. The summed E-state index contributed by atoms with van der Waals surface area (Å²) in [5, 5.41) is 2.66. The molecule has 9 heteroatoms. The van der Waals surface area contributed by atoms with E-state index in [1.807, 2.05) is 13.8 Å². The second kappa shape index (κ2) is 9.70. The fraction of sp³-hybridized carbons (Fsp3) is 0.391. The maximum atomic E-state index is 13.2. The van der Waals surface area contributed by atoms with Gasteiger partial charge in [0.05, 0.1) is 30.4 Å². The Kier molecular flexibility index (Phi) is 7.20. The van der Waals surface area contributed by atoms with Crippen LogP contribution in [0.2, 0.25) is 0 Å². The minimum atomic E-state index is -3.73. The van der Waals surface area contributed by atoms with Crippen LogP contribution in [0.1, 0.15) is 41.0 Å². The molecule has 0 spiro atoms. The maximum absolute atomic E-state index is 13.2. The number of benzene rings is 2. The van der Waals surface area contributed by atoms with Gasteiger partial charge < -0.3 is 14.8 Å². The van der Waals surface area contributed by atoms with E-state index < -0.39 is 21.9 Å². The minimum absolute atomic E-state index is 0.0642. The zero-order valence-electron chi connectivity index (χ0n) is 18.6. The van der Waals surface area contributed by atoms with Gasteiger partial charge in [-0.3, -0.25) is 4.79 Å². The molecule has 8 nitrogen and oxygen atoms in total. The van der Waals surface area contributed by atoms with Crippen molar-refractivity contribution >= 4 is 27.6 Å². The number of hydrogen-bond donors (Lipinski definition) is 1. The van der Waals surface area contributed by atoms with E-state index in [0.29, 0.717) is 18.8 Å². The van der Waals surface area contributed by atoms with Gasteiger partial charge in [-0.2, -0.15) is 4.31 Å². The molecule has 0 aliphatic carbocycles. The van der Waals surface area contributed by atoms with E-state index in [9.17, 15) is 18.0 Å². The Balaban J connectivity index is 1.87. The number of nitrogens with zero attached hydrogens (tertiary/aromatic N) is 1. The Morgan fingerprint density at radius 3 is 2.34 bits per heavy atom. The molecular formula is C23H28N2O6S. The van der Waals surface area contributed by atoms with Crippen LogP contribution in [0.3, 0.4) is 0 Å². The molecule has 0 bridgehead atoms. The van der Waals surface area contributed by atoms with E-state index in [0.717, 1.165) is 6.42 Å². The molecule has 172 valence electrons. The summed E-state index contributed by atoms with van der Waals surface area (Å²) < 4.78 is 37.8. The van der Waals surface area contributed by atoms with Crippen molar-refractivity contribution in [1.29, 1.82) is 0 Å². The highest BCUT2D eigenvalue weighted by molar-refractivity contribution is 7.89. The molecule has 1 saturated heterocycles. The molecule has 32 heavy (non-hydrogen) atoms. The number of anilines is 1. The van der Waals surface area contributed by atoms with E-state index in [2.05, 4.69) is 5.32 Å². The van der Waals surface area contributed by atoms with Crippen LogP contribution in [0, 0.1) is 11.8 Å². The van der Waals surface area contributed by atoms with Crippen LogP contribution >= 0.6 is 0 Å². The minimum Gasteiger partial charge on any atom is -0.497 e. The molecule has 1 fully saturated rings. The number of sulfonamides is 1. The standard InChI is InChI=1S/C23H28N2O6S/c1-15-10-16(2)14-25(13-15)32(28,29)19-7-5-6-17(11-19)22(26)24-21-9-8-18(30-3)12-20(21)23(27)31-4/h5-9,11-12,15-16H,10,13-14H2,1-4H3,(H,24,26). The van der Waals surface area contributed by atoms with Gasteiger partial charge in [0.1, 0.15) is 5.75 Å². The summed E-state index contributed by atoms with van der Waals surface area (Å²) in [4.78, 5) is 25.1. The predicted molar refractivity (Wildman–Crippen MR) is 120 cm³/mol. The van der Waals surface area contributed by atoms with Crippen molar-refractivity contribution in [3.05, 3.63) is 53.6 Å². The molecule has 0 aromatic heterocycles. The van der Waals surface area contributed by atoms with E-state index in [4.69, 9.17) is 9.47 Å². The molecule has 1 aliphatic rings. The maximum Gasteiger partial charge on any atom is 0.340 e. The van der Waals surface area contributed by atoms with Crippen molar-refractivity contribution in [3.63, 3.8) is 0 Å². The van der Waals surface area contributed by atoms with Crippen molar-refractivity contribution in [1.82, 2.24) is 4.31 Å². The zero-order chi connectivity index (χ0) is 23.5. The molecule has 0 saturated carbocycles. The normalized spacial score (nSPS) is 19.2. The summed E-state index contributed by atoms with van der Waals surface area (Å²) >= 11 is 0. The quantitative estimate of drug-likeness (QED) is 0.663. The highest BCUT2D eigenvalue weighted by Gasteiger charge is 2.32. The Morgan fingerprint density at radius 1 is 1.03 bits per heavy atom. The average molecular weight is 461 g/mol. The van der Waals surface area contributed by atoms with Gasteiger partial charge in [-0.1, -0.05) is 19.9 Å². The topological polar surface area (TPSA) is 102 Å². The predicted octanol–water partition coefficient (Wildman–Crippen LogP) is 3.40. The van der Waals surface area contributed by atoms with E-state index in [1.165, 1.54) is 54.9 Å². The lowest BCUT2D eigenvalue weighted by Crippen LogP contribution is -2.42. The molecule has 1 aliphatic heterocycles. The number of amides is 1. The van der Waals surface area contributed by atoms with Crippen LogP contribution in [0.4, 0.5) is 5.69 Å². The van der Waals surface area contributed by atoms with Gasteiger partial charge in [0.25, 0.3) is 5.91 Å². The first kappa shape index (κ1) is 23.7. The third-order valence-electron chi connectivity index (χ3n) is 5.45. The first-order chi connectivity index (χ1) is 15.1. The Labute approximate surface area is 188 Å². The van der Waals surface area contributed by atoms with Gasteiger partial charge in [-0.05, 0) is 54.7 Å². The van der Waals surface area contributed by atoms with Crippen LogP contribution in [-0.2, 0) is 14.8 Å². The van der Waals surface area contributed by atoms with Crippen molar-refractivity contribution in [2.45, 2.75) is 25.2 Å². The van der Waals surface area contributed by atoms with Crippen LogP contribution in [0.25, 0.3) is 0 Å². The number of esters is 1. The fourth-order valence-corrected chi connectivity index (χ4v) is 5.71. The third kappa shape index (κ3) is 5.11. The lowest BCUT2D eigenvalue weighted by molar-refractivity contribution is 0.0601. The fourth-order valence-electron chi connectivity index (χ4n) is 3.98. The Bertz CT molecular complexity index is 1110. The molecule has 0 radical (unpaired) electrons. The highest BCUT2D eigenvalue weighted by atomic mass is 32.2. The highest BCUT2D eigenvalue weighted by Crippen LogP contribution is 2.28. The van der Waals surface area contributed by atoms with E-state index in [1.54, 1.807) is 6.07 Å². The largest absolute Gasteiger partial charge is 0.497 e. The molecule has 1 N–H and O–H groups in total. The molecule has 3 rings (SSSR count). The lowest BCUT2D eigenvalue weighted by Gasteiger charge is -2.34. The number of nitrogens with one attached hydrogen (secondary N) is 1. The average Bonchev–Trinajstić information content (AvgIpc) is 2.78. The summed E-state index contributed by atoms with van der Waals surface area (Å²) in [6, 6.07) is 10.5.